The standard InChI is InChI=1S/C14H10N4O2/c15-6-9-5-12(16-11-4-2-1-3-10(9)11)18-7-13(19)17-14(20)8-18/h1-5H,7-8H2,(H,17,19,20). The maximum absolute atomic E-state index is 11.4. The maximum Gasteiger partial charge on any atom is 0.246 e. The molecule has 0 radical (unpaired) electrons. The number of pyridine rings is 1. The molecule has 1 saturated heterocycles. The van der Waals surface area contributed by atoms with Crippen molar-refractivity contribution in [3.05, 3.63) is 35.9 Å². The van der Waals surface area contributed by atoms with E-state index in [-0.39, 0.29) is 24.9 Å². The minimum Gasteiger partial charge on any atom is -0.338 e. The molecule has 2 aromatic rings. The van der Waals surface area contributed by atoms with Gasteiger partial charge in [-0.2, -0.15) is 5.26 Å². The summed E-state index contributed by atoms with van der Waals surface area (Å²) in [6.07, 6.45) is 0. The van der Waals surface area contributed by atoms with Crippen molar-refractivity contribution in [2.75, 3.05) is 18.0 Å². The van der Waals surface area contributed by atoms with E-state index < -0.39 is 0 Å². The monoisotopic (exact) mass is 266 g/mol. The summed E-state index contributed by atoms with van der Waals surface area (Å²) in [6, 6.07) is 11.0. The number of hydrogen-bond acceptors (Lipinski definition) is 5. The second-order valence-corrected chi connectivity index (χ2v) is 4.48. The number of rotatable bonds is 1. The second kappa shape index (κ2) is 4.63. The molecule has 2 amide bonds. The first-order valence-electron chi connectivity index (χ1n) is 6.05. The van der Waals surface area contributed by atoms with Crippen molar-refractivity contribution >= 4 is 28.5 Å². The number of carbonyl (C=O) groups excluding carboxylic acids is 2. The average Bonchev–Trinajstić information content (AvgIpc) is 2.45. The fourth-order valence-electron chi connectivity index (χ4n) is 2.22. The van der Waals surface area contributed by atoms with E-state index in [1.165, 1.54) is 0 Å². The van der Waals surface area contributed by atoms with Crippen molar-refractivity contribution in [3.8, 4) is 6.07 Å². The third kappa shape index (κ3) is 2.06. The molecule has 1 fully saturated rings. The van der Waals surface area contributed by atoms with Crippen molar-refractivity contribution in [3.63, 3.8) is 0 Å². The molecule has 1 N–H and O–H groups in total. The fraction of sp³-hybridized carbons (Fsp3) is 0.143. The van der Waals surface area contributed by atoms with E-state index in [1.807, 2.05) is 18.2 Å². The van der Waals surface area contributed by atoms with Crippen molar-refractivity contribution < 1.29 is 9.59 Å². The van der Waals surface area contributed by atoms with Gasteiger partial charge in [-0.3, -0.25) is 14.9 Å². The van der Waals surface area contributed by atoms with Crippen molar-refractivity contribution in [2.24, 2.45) is 0 Å². The van der Waals surface area contributed by atoms with E-state index >= 15 is 0 Å². The summed E-state index contributed by atoms with van der Waals surface area (Å²) < 4.78 is 0. The Morgan fingerprint density at radius 2 is 1.90 bits per heavy atom. The molecule has 1 aromatic heterocycles. The van der Waals surface area contributed by atoms with Crippen LogP contribution in [0.2, 0.25) is 0 Å². The van der Waals surface area contributed by atoms with Gasteiger partial charge < -0.3 is 4.90 Å². The zero-order chi connectivity index (χ0) is 14.1. The number of benzene rings is 1. The summed E-state index contributed by atoms with van der Waals surface area (Å²) in [5, 5.41) is 12.2. The van der Waals surface area contributed by atoms with Gasteiger partial charge in [0, 0.05) is 5.39 Å². The molecule has 0 atom stereocenters. The number of nitrogens with zero attached hydrogens (tertiary/aromatic N) is 3. The molecule has 20 heavy (non-hydrogen) atoms. The number of aromatic nitrogens is 1. The zero-order valence-corrected chi connectivity index (χ0v) is 10.5. The first kappa shape index (κ1) is 12.1. The maximum atomic E-state index is 11.4. The Hall–Kier alpha value is -2.94. The molecule has 0 spiro atoms. The van der Waals surface area contributed by atoms with Crippen LogP contribution in [0.4, 0.5) is 5.82 Å². The lowest BCUT2D eigenvalue weighted by Gasteiger charge is -2.26. The first-order chi connectivity index (χ1) is 9.67. The summed E-state index contributed by atoms with van der Waals surface area (Å²) in [7, 11) is 0. The van der Waals surface area contributed by atoms with Gasteiger partial charge in [-0.15, -0.1) is 0 Å². The van der Waals surface area contributed by atoms with Gasteiger partial charge in [0.2, 0.25) is 11.8 Å². The van der Waals surface area contributed by atoms with Crippen LogP contribution in [-0.2, 0) is 9.59 Å². The highest BCUT2D eigenvalue weighted by Crippen LogP contribution is 2.22. The highest BCUT2D eigenvalue weighted by molar-refractivity contribution is 6.02. The molecule has 0 bridgehead atoms. The highest BCUT2D eigenvalue weighted by atomic mass is 16.2. The van der Waals surface area contributed by atoms with Crippen LogP contribution in [0.5, 0.6) is 0 Å². The Balaban J connectivity index is 2.10. The molecule has 0 saturated carbocycles. The van der Waals surface area contributed by atoms with Gasteiger partial charge in [0.15, 0.2) is 0 Å². The Morgan fingerprint density at radius 3 is 2.60 bits per heavy atom. The largest absolute Gasteiger partial charge is 0.338 e. The molecule has 2 heterocycles. The van der Waals surface area contributed by atoms with Gasteiger partial charge in [0.05, 0.1) is 30.2 Å². The number of amides is 2. The van der Waals surface area contributed by atoms with Crippen molar-refractivity contribution in [1.29, 1.82) is 5.26 Å². The summed E-state index contributed by atoms with van der Waals surface area (Å²) in [4.78, 5) is 28.8. The van der Waals surface area contributed by atoms with Crippen LogP contribution in [0.1, 0.15) is 5.56 Å². The Morgan fingerprint density at radius 1 is 1.20 bits per heavy atom. The van der Waals surface area contributed by atoms with Crippen LogP contribution in [-0.4, -0.2) is 29.9 Å². The number of para-hydroxylation sites is 1. The smallest absolute Gasteiger partial charge is 0.246 e. The van der Waals surface area contributed by atoms with Gasteiger partial charge in [0.25, 0.3) is 0 Å². The number of imide groups is 1. The van der Waals surface area contributed by atoms with E-state index in [1.54, 1.807) is 17.0 Å². The number of hydrogen-bond donors (Lipinski definition) is 1. The van der Waals surface area contributed by atoms with Crippen LogP contribution >= 0.6 is 0 Å². The topological polar surface area (TPSA) is 86.1 Å². The third-order valence-corrected chi connectivity index (χ3v) is 3.09. The number of nitrogens with one attached hydrogen (secondary N) is 1. The van der Waals surface area contributed by atoms with Crippen LogP contribution in [0.3, 0.4) is 0 Å². The molecule has 0 aliphatic carbocycles. The summed E-state index contributed by atoms with van der Waals surface area (Å²) in [6.45, 7) is 0.115. The van der Waals surface area contributed by atoms with Gasteiger partial charge >= 0.3 is 0 Å². The average molecular weight is 266 g/mol. The van der Waals surface area contributed by atoms with Crippen LogP contribution < -0.4 is 10.2 Å². The SMILES string of the molecule is N#Cc1cc(N2CC(=O)NC(=O)C2)nc2ccccc12. The lowest BCUT2D eigenvalue weighted by atomic mass is 10.1. The van der Waals surface area contributed by atoms with Crippen LogP contribution in [0.15, 0.2) is 30.3 Å². The van der Waals surface area contributed by atoms with Crippen LogP contribution in [0, 0.1) is 11.3 Å². The normalized spacial score (nSPS) is 15.1. The van der Waals surface area contributed by atoms with Crippen molar-refractivity contribution in [1.82, 2.24) is 10.3 Å². The summed E-state index contributed by atoms with van der Waals surface area (Å²) in [5.74, 6) is -0.270. The molecule has 6 nitrogen and oxygen atoms in total. The predicted octanol–water partition coefficient (Wildman–Crippen LogP) is 0.569. The van der Waals surface area contributed by atoms with Crippen molar-refractivity contribution in [2.45, 2.75) is 0 Å². The molecule has 1 aliphatic rings. The zero-order valence-electron chi connectivity index (χ0n) is 10.5. The van der Waals surface area contributed by atoms with E-state index in [2.05, 4.69) is 16.4 Å². The second-order valence-electron chi connectivity index (χ2n) is 4.48. The van der Waals surface area contributed by atoms with Gasteiger partial charge in [-0.1, -0.05) is 18.2 Å². The number of nitriles is 1. The van der Waals surface area contributed by atoms with Gasteiger partial charge in [-0.25, -0.2) is 4.98 Å². The van der Waals surface area contributed by atoms with Gasteiger partial charge in [0.1, 0.15) is 5.82 Å². The third-order valence-electron chi connectivity index (χ3n) is 3.09. The fourth-order valence-corrected chi connectivity index (χ4v) is 2.22. The van der Waals surface area contributed by atoms with Crippen LogP contribution in [0.25, 0.3) is 10.9 Å². The van der Waals surface area contributed by atoms with E-state index in [0.29, 0.717) is 16.9 Å². The summed E-state index contributed by atoms with van der Waals surface area (Å²) >= 11 is 0. The molecule has 1 aromatic carbocycles. The molecule has 6 heteroatoms. The highest BCUT2D eigenvalue weighted by Gasteiger charge is 2.24. The first-order valence-corrected chi connectivity index (χ1v) is 6.05. The molecular formula is C14H10N4O2. The lowest BCUT2D eigenvalue weighted by molar-refractivity contribution is -0.130. The lowest BCUT2D eigenvalue weighted by Crippen LogP contribution is -2.51. The number of fused-ring (bicyclic) bond motifs is 1. The Kier molecular flexibility index (Phi) is 2.80. The summed E-state index contributed by atoms with van der Waals surface area (Å²) in [5.41, 5.74) is 1.14. The van der Waals surface area contributed by atoms with E-state index in [0.717, 1.165) is 5.39 Å². The Bertz CT molecular complexity index is 747. The minimum absolute atomic E-state index is 0.0575. The molecule has 1 aliphatic heterocycles. The number of anilines is 1. The minimum atomic E-state index is -0.366. The van der Waals surface area contributed by atoms with Gasteiger partial charge in [-0.05, 0) is 12.1 Å². The number of piperazine rings is 1. The molecular weight excluding hydrogens is 256 g/mol. The molecule has 3 rings (SSSR count). The molecule has 98 valence electrons. The molecule has 0 unspecified atom stereocenters. The quantitative estimate of drug-likeness (QED) is 0.762. The van der Waals surface area contributed by atoms with E-state index in [9.17, 15) is 14.9 Å². The number of carbonyl (C=O) groups is 2. The predicted molar refractivity (Wildman–Crippen MR) is 71.8 cm³/mol. The Labute approximate surface area is 114 Å². The van der Waals surface area contributed by atoms with E-state index in [4.69, 9.17) is 0 Å².